The second-order valence-corrected chi connectivity index (χ2v) is 6.38. The van der Waals surface area contributed by atoms with Crippen LogP contribution >= 0.6 is 23.2 Å². The summed E-state index contributed by atoms with van der Waals surface area (Å²) in [6, 6.07) is 4.70. The molecular weight excluding hydrogens is 297 g/mol. The molecule has 1 aromatic rings. The van der Waals surface area contributed by atoms with E-state index in [1.54, 1.807) is 18.2 Å². The number of amides is 2. The smallest absolute Gasteiger partial charge is 0.249 e. The van der Waals surface area contributed by atoms with Gasteiger partial charge in [-0.2, -0.15) is 0 Å². The number of imide groups is 1. The number of hydrogen-bond acceptors (Lipinski definition) is 3. The molecule has 0 unspecified atom stereocenters. The topological polar surface area (TPSA) is 54.5 Å². The number of anilines is 1. The Morgan fingerprint density at radius 3 is 2.39 bits per heavy atom. The van der Waals surface area contributed by atoms with Crippen LogP contribution < -0.4 is 4.90 Å². The minimum Gasteiger partial charge on any atom is -0.273 e. The van der Waals surface area contributed by atoms with Gasteiger partial charge in [-0.05, 0) is 19.1 Å². The van der Waals surface area contributed by atoms with Crippen LogP contribution in [0.2, 0.25) is 10.0 Å². The third-order valence-corrected chi connectivity index (χ3v) is 4.77. The molecule has 0 spiro atoms. The average molecular weight is 306 g/mol. The Morgan fingerprint density at radius 2 is 1.83 bits per heavy atom. The summed E-state index contributed by atoms with van der Waals surface area (Å²) in [5.74, 6) is -1.29. The van der Waals surface area contributed by atoms with Gasteiger partial charge >= 0.3 is 0 Å². The quantitative estimate of drug-likeness (QED) is 0.746. The van der Waals surface area contributed by atoms with Crippen LogP contribution in [0.3, 0.4) is 0 Å². The predicted octanol–water partition coefficient (Wildman–Crippen LogP) is 2.00. The summed E-state index contributed by atoms with van der Waals surface area (Å²) < 4.78 is 11.5. The second-order valence-electron chi connectivity index (χ2n) is 3.80. The number of hydrogen-bond donors (Lipinski definition) is 0. The van der Waals surface area contributed by atoms with E-state index in [9.17, 15) is 13.8 Å². The molecular formula is C11H9Cl2NO3S. The van der Waals surface area contributed by atoms with Crippen molar-refractivity contribution in [3.63, 3.8) is 0 Å². The van der Waals surface area contributed by atoms with Crippen molar-refractivity contribution in [3.05, 3.63) is 28.2 Å². The Bertz CT molecular complexity index is 541. The Morgan fingerprint density at radius 1 is 1.28 bits per heavy atom. The lowest BCUT2D eigenvalue weighted by Crippen LogP contribution is -2.52. The number of nitrogens with zero attached hydrogens (tertiary/aromatic N) is 1. The van der Waals surface area contributed by atoms with Gasteiger partial charge in [0, 0.05) is 10.8 Å². The third kappa shape index (κ3) is 2.18. The molecule has 0 N–H and O–H groups in total. The molecule has 7 heteroatoms. The fraction of sp³-hybridized carbons (Fsp3) is 0.273. The maximum Gasteiger partial charge on any atom is 0.249 e. The van der Waals surface area contributed by atoms with Gasteiger partial charge in [0.2, 0.25) is 11.8 Å². The molecule has 0 aromatic heterocycles. The van der Waals surface area contributed by atoms with Crippen LogP contribution in [-0.4, -0.2) is 27.0 Å². The maximum absolute atomic E-state index is 12.0. The van der Waals surface area contributed by atoms with E-state index in [1.807, 2.05) is 0 Å². The summed E-state index contributed by atoms with van der Waals surface area (Å²) in [6.45, 7) is 1.52. The number of benzene rings is 1. The van der Waals surface area contributed by atoms with E-state index < -0.39 is 27.9 Å². The van der Waals surface area contributed by atoms with E-state index in [0.29, 0.717) is 0 Å². The average Bonchev–Trinajstić information content (AvgIpc) is 2.30. The number of carbonyl (C=O) groups excluding carboxylic acids is 2. The number of halogens is 2. The van der Waals surface area contributed by atoms with Crippen LogP contribution in [0.5, 0.6) is 0 Å². The molecule has 1 aliphatic heterocycles. The highest BCUT2D eigenvalue weighted by Crippen LogP contribution is 2.35. The molecule has 1 fully saturated rings. The lowest BCUT2D eigenvalue weighted by atomic mass is 10.2. The molecule has 2 rings (SSSR count). The van der Waals surface area contributed by atoms with Crippen LogP contribution in [-0.2, 0) is 20.4 Å². The van der Waals surface area contributed by atoms with Crippen molar-refractivity contribution in [2.45, 2.75) is 12.2 Å². The van der Waals surface area contributed by atoms with Gasteiger partial charge in [-0.3, -0.25) is 13.8 Å². The van der Waals surface area contributed by atoms with Crippen molar-refractivity contribution < 1.29 is 13.8 Å². The summed E-state index contributed by atoms with van der Waals surface area (Å²) in [7, 11) is -1.48. The Balaban J connectivity index is 2.53. The highest BCUT2D eigenvalue weighted by Gasteiger charge is 2.39. The number of carbonyl (C=O) groups is 2. The fourth-order valence-electron chi connectivity index (χ4n) is 1.67. The van der Waals surface area contributed by atoms with E-state index in [-0.39, 0.29) is 21.5 Å². The molecule has 0 bridgehead atoms. The monoisotopic (exact) mass is 305 g/mol. The zero-order chi connectivity index (χ0) is 13.4. The fourth-order valence-corrected chi connectivity index (χ4v) is 3.19. The van der Waals surface area contributed by atoms with Crippen molar-refractivity contribution in [2.75, 3.05) is 10.7 Å². The molecule has 0 radical (unpaired) electrons. The summed E-state index contributed by atoms with van der Waals surface area (Å²) in [5, 5.41) is -0.316. The van der Waals surface area contributed by atoms with Crippen molar-refractivity contribution in [1.82, 2.24) is 0 Å². The van der Waals surface area contributed by atoms with Gasteiger partial charge in [0.25, 0.3) is 0 Å². The Labute approximate surface area is 116 Å². The van der Waals surface area contributed by atoms with Crippen LogP contribution in [0.15, 0.2) is 18.2 Å². The highest BCUT2D eigenvalue weighted by atomic mass is 35.5. The van der Waals surface area contributed by atoms with Gasteiger partial charge in [-0.15, -0.1) is 0 Å². The van der Waals surface area contributed by atoms with E-state index in [0.717, 1.165) is 4.90 Å². The van der Waals surface area contributed by atoms with E-state index in [4.69, 9.17) is 23.2 Å². The Kier molecular flexibility index (Phi) is 3.75. The Hall–Kier alpha value is -0.910. The largest absolute Gasteiger partial charge is 0.273 e. The van der Waals surface area contributed by atoms with Crippen LogP contribution in [0.4, 0.5) is 5.69 Å². The molecule has 0 aliphatic carbocycles. The molecule has 0 saturated carbocycles. The third-order valence-electron chi connectivity index (χ3n) is 2.64. The minimum atomic E-state index is -1.48. The summed E-state index contributed by atoms with van der Waals surface area (Å²) in [5.41, 5.74) is 0.166. The van der Waals surface area contributed by atoms with Gasteiger partial charge in [0.15, 0.2) is 0 Å². The molecule has 1 saturated heterocycles. The summed E-state index contributed by atoms with van der Waals surface area (Å²) in [4.78, 5) is 24.8. The first-order valence-corrected chi connectivity index (χ1v) is 7.25. The number of rotatable bonds is 1. The minimum absolute atomic E-state index is 0.166. The molecule has 1 heterocycles. The van der Waals surface area contributed by atoms with Gasteiger partial charge in [-0.1, -0.05) is 29.3 Å². The van der Waals surface area contributed by atoms with E-state index >= 15 is 0 Å². The van der Waals surface area contributed by atoms with Crippen LogP contribution in [0.1, 0.15) is 6.92 Å². The van der Waals surface area contributed by atoms with E-state index in [1.165, 1.54) is 6.92 Å². The van der Waals surface area contributed by atoms with Gasteiger partial charge in [-0.25, -0.2) is 4.90 Å². The van der Waals surface area contributed by atoms with Gasteiger partial charge < -0.3 is 0 Å². The van der Waals surface area contributed by atoms with Gasteiger partial charge in [0.05, 0.1) is 15.7 Å². The van der Waals surface area contributed by atoms with Gasteiger partial charge in [0.1, 0.15) is 11.0 Å². The maximum atomic E-state index is 12.0. The lowest BCUT2D eigenvalue weighted by Gasteiger charge is -2.29. The lowest BCUT2D eigenvalue weighted by molar-refractivity contribution is -0.125. The first kappa shape index (κ1) is 13.5. The first-order chi connectivity index (χ1) is 8.43. The predicted molar refractivity (Wildman–Crippen MR) is 71.4 cm³/mol. The molecule has 96 valence electrons. The molecule has 18 heavy (non-hydrogen) atoms. The van der Waals surface area contributed by atoms with Crippen LogP contribution in [0, 0.1) is 0 Å². The van der Waals surface area contributed by atoms with Crippen molar-refractivity contribution in [3.8, 4) is 0 Å². The zero-order valence-corrected chi connectivity index (χ0v) is 11.7. The summed E-state index contributed by atoms with van der Waals surface area (Å²) in [6.07, 6.45) is 0. The first-order valence-electron chi connectivity index (χ1n) is 5.11. The van der Waals surface area contributed by atoms with Crippen molar-refractivity contribution in [2.24, 2.45) is 0 Å². The molecule has 1 aromatic carbocycles. The second kappa shape index (κ2) is 4.99. The molecule has 4 nitrogen and oxygen atoms in total. The van der Waals surface area contributed by atoms with Crippen molar-refractivity contribution >= 4 is 51.5 Å². The standard InChI is InChI=1S/C11H9Cl2NO3S/c1-6-11(16)14(9(15)5-18(6)17)10-7(12)3-2-4-8(10)13/h2-4,6H,5H2,1H3/t6-,18-/m0/s1. The van der Waals surface area contributed by atoms with Crippen LogP contribution in [0.25, 0.3) is 0 Å². The molecule has 1 aliphatic rings. The normalized spacial score (nSPS) is 24.5. The molecule has 2 atom stereocenters. The highest BCUT2D eigenvalue weighted by molar-refractivity contribution is 7.87. The van der Waals surface area contributed by atoms with Crippen molar-refractivity contribution in [1.29, 1.82) is 0 Å². The van der Waals surface area contributed by atoms with E-state index in [2.05, 4.69) is 0 Å². The SMILES string of the molecule is C[C@H]1C(=O)N(c2c(Cl)cccc2Cl)C(=O)C[S@@]1=O. The zero-order valence-electron chi connectivity index (χ0n) is 9.35. The summed E-state index contributed by atoms with van der Waals surface area (Å²) >= 11 is 11.9. The number of para-hydroxylation sites is 1. The molecule has 2 amide bonds.